The predicted molar refractivity (Wildman–Crippen MR) is 218 cm³/mol. The van der Waals surface area contributed by atoms with E-state index in [0.29, 0.717) is 17.8 Å². The summed E-state index contributed by atoms with van der Waals surface area (Å²) in [5.74, 6) is 4.20. The van der Waals surface area contributed by atoms with Crippen LogP contribution in [0.3, 0.4) is 0 Å². The third-order valence-electron chi connectivity index (χ3n) is 10.4. The second kappa shape index (κ2) is 14.8. The van der Waals surface area contributed by atoms with Crippen molar-refractivity contribution in [2.45, 2.75) is 87.0 Å². The van der Waals surface area contributed by atoms with Crippen molar-refractivity contribution in [3.05, 3.63) is 131 Å². The van der Waals surface area contributed by atoms with Gasteiger partial charge in [0.25, 0.3) is 0 Å². The number of aryl methyl sites for hydroxylation is 2. The summed E-state index contributed by atoms with van der Waals surface area (Å²) in [6.45, 7) is 17.9. The number of pyridine rings is 1. The fourth-order valence-electron chi connectivity index (χ4n) is 8.09. The number of nitrogens with zero attached hydrogens (tertiary/aromatic N) is 4. The van der Waals surface area contributed by atoms with Crippen molar-refractivity contribution in [3.63, 3.8) is 0 Å². The first kappa shape index (κ1) is 35.3. The van der Waals surface area contributed by atoms with Crippen LogP contribution in [0.1, 0.15) is 87.9 Å². The Morgan fingerprint density at radius 2 is 1.56 bits per heavy atom. The van der Waals surface area contributed by atoms with E-state index >= 15 is 0 Å². The molecule has 0 amide bonds. The summed E-state index contributed by atoms with van der Waals surface area (Å²) in [5.41, 5.74) is 11.5. The van der Waals surface area contributed by atoms with Crippen LogP contribution in [0.25, 0.3) is 44.4 Å². The Kier molecular flexibility index (Phi) is 10.1. The Bertz CT molecular complexity index is 2350. The average Bonchev–Trinajstić information content (AvgIpc) is 3.60. The normalized spacial score (nSPS) is 12.9. The van der Waals surface area contributed by atoms with Crippen molar-refractivity contribution < 1.29 is 4.74 Å². The van der Waals surface area contributed by atoms with Gasteiger partial charge in [0.05, 0.1) is 22.4 Å². The Morgan fingerprint density at radius 3 is 2.31 bits per heavy atom. The largest absolute Gasteiger partial charge is 0.457 e. The molecule has 5 heteroatoms. The molecular formula is C47H52N4O. The fraction of sp³-hybridized carbons (Fsp3) is 0.319. The molecule has 7 rings (SSSR count). The molecule has 0 radical (unpaired) electrons. The molecule has 3 aromatic heterocycles. The second-order valence-electron chi connectivity index (χ2n) is 15.4. The molecule has 0 N–H and O–H groups in total. The second-order valence-corrected chi connectivity index (χ2v) is 15.4. The molecule has 52 heavy (non-hydrogen) atoms. The van der Waals surface area contributed by atoms with E-state index in [1.807, 2.05) is 6.20 Å². The number of aromatic nitrogens is 4. The van der Waals surface area contributed by atoms with Crippen molar-refractivity contribution in [3.8, 4) is 34.1 Å². The maximum Gasteiger partial charge on any atom is 0.137 e. The van der Waals surface area contributed by atoms with Gasteiger partial charge in [0.1, 0.15) is 17.3 Å². The standard InChI is InChI=1S/C47H52N4O/c1-9-13-31(4)23-33(6)38-16-19-44-43(27-38)42-18-17-40(29-45(42)50(44)46-24-32(5)20-21-48-46)52-41-26-36(22-30(2)3)25-39(28-41)51-35(8)47(34(7)49-51)37-14-11-10-12-15-37/h10-12,14-21,24-31,33H,9,13,22-23H2,1-8H3. The van der Waals surface area contributed by atoms with Gasteiger partial charge in [0, 0.05) is 40.4 Å². The highest BCUT2D eigenvalue weighted by Gasteiger charge is 2.19. The van der Waals surface area contributed by atoms with Gasteiger partial charge in [-0.3, -0.25) is 4.57 Å². The summed E-state index contributed by atoms with van der Waals surface area (Å²) in [6, 6.07) is 34.8. The predicted octanol–water partition coefficient (Wildman–Crippen LogP) is 12.9. The van der Waals surface area contributed by atoms with E-state index in [-0.39, 0.29) is 0 Å². The van der Waals surface area contributed by atoms with Crippen molar-refractivity contribution in [1.29, 1.82) is 0 Å². The first-order valence-corrected chi connectivity index (χ1v) is 19.0. The summed E-state index contributed by atoms with van der Waals surface area (Å²) < 4.78 is 11.2. The highest BCUT2D eigenvalue weighted by Crippen LogP contribution is 2.38. The van der Waals surface area contributed by atoms with Crippen LogP contribution in [0.4, 0.5) is 0 Å². The van der Waals surface area contributed by atoms with Gasteiger partial charge in [-0.2, -0.15) is 5.10 Å². The minimum absolute atomic E-state index is 0.488. The zero-order valence-corrected chi connectivity index (χ0v) is 32.1. The van der Waals surface area contributed by atoms with E-state index in [2.05, 4.69) is 162 Å². The molecule has 2 atom stereocenters. The summed E-state index contributed by atoms with van der Waals surface area (Å²) >= 11 is 0. The van der Waals surface area contributed by atoms with E-state index in [1.165, 1.54) is 57.9 Å². The Hall–Kier alpha value is -5.16. The van der Waals surface area contributed by atoms with Gasteiger partial charge in [0.2, 0.25) is 0 Å². The average molecular weight is 689 g/mol. The van der Waals surface area contributed by atoms with Crippen LogP contribution < -0.4 is 4.74 Å². The lowest BCUT2D eigenvalue weighted by Gasteiger charge is -2.17. The van der Waals surface area contributed by atoms with Crippen molar-refractivity contribution in [2.24, 2.45) is 11.8 Å². The molecule has 0 aliphatic rings. The molecule has 4 aromatic carbocycles. The Labute approximate surface area is 309 Å². The lowest BCUT2D eigenvalue weighted by Crippen LogP contribution is -2.03. The Balaban J connectivity index is 1.32. The van der Waals surface area contributed by atoms with Crippen molar-refractivity contribution >= 4 is 21.8 Å². The van der Waals surface area contributed by atoms with Crippen LogP contribution in [0, 0.1) is 32.6 Å². The fourth-order valence-corrected chi connectivity index (χ4v) is 8.09. The quantitative estimate of drug-likeness (QED) is 0.128. The molecule has 0 spiro atoms. The zero-order valence-electron chi connectivity index (χ0n) is 32.1. The van der Waals surface area contributed by atoms with Gasteiger partial charge in [-0.05, 0) is 122 Å². The lowest BCUT2D eigenvalue weighted by molar-refractivity contribution is 0.449. The van der Waals surface area contributed by atoms with Gasteiger partial charge in [-0.15, -0.1) is 0 Å². The molecule has 7 aromatic rings. The van der Waals surface area contributed by atoms with Crippen LogP contribution in [0.5, 0.6) is 11.5 Å². The molecule has 0 aliphatic heterocycles. The van der Waals surface area contributed by atoms with E-state index in [0.717, 1.165) is 51.8 Å². The highest BCUT2D eigenvalue weighted by atomic mass is 16.5. The van der Waals surface area contributed by atoms with E-state index in [1.54, 1.807) is 0 Å². The van der Waals surface area contributed by atoms with Crippen LogP contribution in [0.2, 0.25) is 0 Å². The summed E-state index contributed by atoms with van der Waals surface area (Å²) in [6.07, 6.45) is 6.54. The van der Waals surface area contributed by atoms with Gasteiger partial charge >= 0.3 is 0 Å². The maximum atomic E-state index is 6.80. The van der Waals surface area contributed by atoms with Crippen LogP contribution in [-0.4, -0.2) is 19.3 Å². The first-order valence-electron chi connectivity index (χ1n) is 19.0. The molecule has 3 heterocycles. The zero-order chi connectivity index (χ0) is 36.5. The molecule has 0 bridgehead atoms. The van der Waals surface area contributed by atoms with Crippen molar-refractivity contribution in [2.75, 3.05) is 0 Å². The summed E-state index contributed by atoms with van der Waals surface area (Å²) in [5, 5.41) is 7.49. The minimum Gasteiger partial charge on any atom is -0.457 e. The molecule has 0 saturated carbocycles. The van der Waals surface area contributed by atoms with Crippen LogP contribution in [0.15, 0.2) is 103 Å². The van der Waals surface area contributed by atoms with E-state index < -0.39 is 0 Å². The van der Waals surface area contributed by atoms with Gasteiger partial charge in [0.15, 0.2) is 0 Å². The van der Waals surface area contributed by atoms with Gasteiger partial charge in [-0.1, -0.05) is 83.9 Å². The summed E-state index contributed by atoms with van der Waals surface area (Å²) in [7, 11) is 0. The highest BCUT2D eigenvalue weighted by molar-refractivity contribution is 6.09. The van der Waals surface area contributed by atoms with E-state index in [4.69, 9.17) is 14.8 Å². The number of ether oxygens (including phenoxy) is 1. The first-order chi connectivity index (χ1) is 25.1. The number of benzene rings is 4. The van der Waals surface area contributed by atoms with Gasteiger partial charge < -0.3 is 4.74 Å². The third-order valence-corrected chi connectivity index (χ3v) is 10.4. The molecule has 5 nitrogen and oxygen atoms in total. The summed E-state index contributed by atoms with van der Waals surface area (Å²) in [4.78, 5) is 4.85. The smallest absolute Gasteiger partial charge is 0.137 e. The molecule has 266 valence electrons. The lowest BCUT2D eigenvalue weighted by atomic mass is 9.88. The maximum absolute atomic E-state index is 6.80. The molecule has 0 saturated heterocycles. The topological polar surface area (TPSA) is 44.9 Å². The Morgan fingerprint density at radius 1 is 0.750 bits per heavy atom. The third kappa shape index (κ3) is 7.14. The van der Waals surface area contributed by atoms with Crippen LogP contribution >= 0.6 is 0 Å². The number of fused-ring (bicyclic) bond motifs is 3. The minimum atomic E-state index is 0.488. The van der Waals surface area contributed by atoms with Gasteiger partial charge in [-0.25, -0.2) is 9.67 Å². The number of hydrogen-bond acceptors (Lipinski definition) is 3. The number of hydrogen-bond donors (Lipinski definition) is 0. The molecule has 2 unspecified atom stereocenters. The monoisotopic (exact) mass is 688 g/mol. The molecule has 0 aliphatic carbocycles. The number of rotatable bonds is 12. The SMILES string of the molecule is CCCC(C)CC(C)c1ccc2c(c1)c1ccc(Oc3cc(CC(C)C)cc(-n4nc(C)c(-c5ccccc5)c4C)c3)cc1n2-c1cc(C)ccn1. The molecular weight excluding hydrogens is 637 g/mol. The van der Waals surface area contributed by atoms with E-state index in [9.17, 15) is 0 Å². The van der Waals surface area contributed by atoms with Crippen LogP contribution in [-0.2, 0) is 6.42 Å². The van der Waals surface area contributed by atoms with Crippen molar-refractivity contribution in [1.82, 2.24) is 19.3 Å². The molecule has 0 fully saturated rings.